The second kappa shape index (κ2) is 7.01. The molecule has 0 amide bonds. The van der Waals surface area contributed by atoms with E-state index in [-0.39, 0.29) is 11.8 Å². The lowest BCUT2D eigenvalue weighted by atomic mass is 9.88. The standard InChI is InChI=1S/C20H24N2O2/c1-2-4-16(5-3-1)19(17-8-12-21-13-9-17)22-18-6-10-20(11-7-18)23-14-15-24-20/h1-5,8-9,12-13,18-19,22H,6-7,10-11,14-15H2/t19-/m0/s1. The van der Waals surface area contributed by atoms with E-state index in [1.54, 1.807) is 0 Å². The van der Waals surface area contributed by atoms with Crippen molar-refractivity contribution in [2.45, 2.75) is 43.6 Å². The molecule has 1 atom stereocenters. The number of benzene rings is 1. The molecule has 1 aliphatic heterocycles. The Hall–Kier alpha value is -1.75. The van der Waals surface area contributed by atoms with Crippen LogP contribution < -0.4 is 5.32 Å². The van der Waals surface area contributed by atoms with E-state index in [1.807, 2.05) is 12.4 Å². The Bertz CT molecular complexity index is 592. The zero-order valence-electron chi connectivity index (χ0n) is 13.9. The van der Waals surface area contributed by atoms with E-state index in [0.29, 0.717) is 6.04 Å². The first kappa shape index (κ1) is 15.8. The molecule has 2 aliphatic rings. The van der Waals surface area contributed by atoms with Crippen LogP contribution in [0.3, 0.4) is 0 Å². The molecule has 1 aliphatic carbocycles. The van der Waals surface area contributed by atoms with Gasteiger partial charge in [0.1, 0.15) is 0 Å². The van der Waals surface area contributed by atoms with Gasteiger partial charge in [0.15, 0.2) is 5.79 Å². The molecular weight excluding hydrogens is 300 g/mol. The van der Waals surface area contributed by atoms with E-state index >= 15 is 0 Å². The molecule has 24 heavy (non-hydrogen) atoms. The molecule has 4 nitrogen and oxygen atoms in total. The van der Waals surface area contributed by atoms with Gasteiger partial charge in [-0.15, -0.1) is 0 Å². The number of aromatic nitrogens is 1. The first-order valence-corrected chi connectivity index (χ1v) is 8.84. The van der Waals surface area contributed by atoms with E-state index in [2.05, 4.69) is 52.8 Å². The maximum atomic E-state index is 5.85. The summed E-state index contributed by atoms with van der Waals surface area (Å²) in [6, 6.07) is 15.5. The molecule has 1 aromatic carbocycles. The normalized spacial score (nSPS) is 21.8. The van der Waals surface area contributed by atoms with Crippen molar-refractivity contribution in [3.63, 3.8) is 0 Å². The van der Waals surface area contributed by atoms with Crippen LogP contribution in [0.2, 0.25) is 0 Å². The lowest BCUT2D eigenvalue weighted by Gasteiger charge is -2.37. The van der Waals surface area contributed by atoms with Crippen molar-refractivity contribution >= 4 is 0 Å². The number of ether oxygens (including phenoxy) is 2. The van der Waals surface area contributed by atoms with Crippen LogP contribution in [0.1, 0.15) is 42.9 Å². The van der Waals surface area contributed by atoms with Gasteiger partial charge in [-0.2, -0.15) is 0 Å². The van der Waals surface area contributed by atoms with Crippen molar-refractivity contribution in [1.29, 1.82) is 0 Å². The highest BCUT2D eigenvalue weighted by atomic mass is 16.7. The smallest absolute Gasteiger partial charge is 0.168 e. The summed E-state index contributed by atoms with van der Waals surface area (Å²) < 4.78 is 11.7. The molecule has 2 fully saturated rings. The highest BCUT2D eigenvalue weighted by Gasteiger charge is 2.40. The largest absolute Gasteiger partial charge is 0.348 e. The van der Waals surface area contributed by atoms with Crippen molar-refractivity contribution < 1.29 is 9.47 Å². The van der Waals surface area contributed by atoms with Crippen molar-refractivity contribution in [3.05, 3.63) is 66.0 Å². The Kier molecular flexibility index (Phi) is 4.60. The van der Waals surface area contributed by atoms with Crippen LogP contribution in [0.15, 0.2) is 54.9 Å². The highest BCUT2D eigenvalue weighted by molar-refractivity contribution is 5.30. The third kappa shape index (κ3) is 3.36. The van der Waals surface area contributed by atoms with Crippen molar-refractivity contribution in [1.82, 2.24) is 10.3 Å². The van der Waals surface area contributed by atoms with Gasteiger partial charge in [-0.1, -0.05) is 30.3 Å². The molecule has 4 rings (SSSR count). The first-order chi connectivity index (χ1) is 11.8. The fraction of sp³-hybridized carbons (Fsp3) is 0.450. The monoisotopic (exact) mass is 324 g/mol. The molecular formula is C20H24N2O2. The summed E-state index contributed by atoms with van der Waals surface area (Å²) >= 11 is 0. The van der Waals surface area contributed by atoms with Crippen molar-refractivity contribution in [3.8, 4) is 0 Å². The summed E-state index contributed by atoms with van der Waals surface area (Å²) in [5, 5.41) is 3.86. The highest BCUT2D eigenvalue weighted by Crippen LogP contribution is 2.36. The van der Waals surface area contributed by atoms with Crippen LogP contribution in [0.25, 0.3) is 0 Å². The molecule has 1 spiro atoms. The number of nitrogens with one attached hydrogen (secondary N) is 1. The van der Waals surface area contributed by atoms with Gasteiger partial charge in [-0.25, -0.2) is 0 Å². The summed E-state index contributed by atoms with van der Waals surface area (Å²) in [5.74, 6) is -0.295. The molecule has 4 heteroatoms. The Balaban J connectivity index is 1.49. The lowest BCUT2D eigenvalue weighted by molar-refractivity contribution is -0.179. The van der Waals surface area contributed by atoms with Crippen molar-refractivity contribution in [2.75, 3.05) is 13.2 Å². The Labute approximate surface area is 143 Å². The van der Waals surface area contributed by atoms with E-state index < -0.39 is 0 Å². The number of nitrogens with zero attached hydrogens (tertiary/aromatic N) is 1. The number of hydrogen-bond acceptors (Lipinski definition) is 4. The average Bonchev–Trinajstić information content (AvgIpc) is 3.11. The van der Waals surface area contributed by atoms with Gasteiger partial charge in [0.05, 0.1) is 19.3 Å². The van der Waals surface area contributed by atoms with Gasteiger partial charge in [0.25, 0.3) is 0 Å². The van der Waals surface area contributed by atoms with Gasteiger partial charge in [-0.05, 0) is 36.1 Å². The minimum atomic E-state index is -0.295. The SMILES string of the molecule is c1ccc([C@H](NC2CCC3(CC2)OCCO3)c2ccncc2)cc1. The Morgan fingerprint density at radius 3 is 2.21 bits per heavy atom. The number of hydrogen-bond donors (Lipinski definition) is 1. The summed E-state index contributed by atoms with van der Waals surface area (Å²) in [5.41, 5.74) is 2.54. The number of rotatable bonds is 4. The van der Waals surface area contributed by atoms with E-state index in [0.717, 1.165) is 38.9 Å². The molecule has 1 aromatic heterocycles. The molecule has 0 radical (unpaired) electrons. The van der Waals surface area contributed by atoms with Gasteiger partial charge in [-0.3, -0.25) is 4.98 Å². The van der Waals surface area contributed by atoms with Crippen LogP contribution in [0.4, 0.5) is 0 Å². The maximum absolute atomic E-state index is 5.85. The zero-order chi connectivity index (χ0) is 16.2. The van der Waals surface area contributed by atoms with E-state index in [4.69, 9.17) is 9.47 Å². The molecule has 1 saturated heterocycles. The van der Waals surface area contributed by atoms with Crippen molar-refractivity contribution in [2.24, 2.45) is 0 Å². The minimum absolute atomic E-state index is 0.193. The average molecular weight is 324 g/mol. The molecule has 2 aromatic rings. The summed E-state index contributed by atoms with van der Waals surface area (Å²) in [6.45, 7) is 1.48. The molecule has 0 unspecified atom stereocenters. The molecule has 2 heterocycles. The third-order valence-electron chi connectivity index (χ3n) is 5.14. The Morgan fingerprint density at radius 1 is 0.917 bits per heavy atom. The van der Waals surface area contributed by atoms with E-state index in [9.17, 15) is 0 Å². The first-order valence-electron chi connectivity index (χ1n) is 8.84. The van der Waals surface area contributed by atoms with Gasteiger partial charge in [0, 0.05) is 31.3 Å². The third-order valence-corrected chi connectivity index (χ3v) is 5.14. The predicted octanol–water partition coefficient (Wildman–Crippen LogP) is 3.45. The second-order valence-corrected chi connectivity index (χ2v) is 6.67. The number of pyridine rings is 1. The fourth-order valence-corrected chi connectivity index (χ4v) is 3.83. The van der Waals surface area contributed by atoms with Gasteiger partial charge >= 0.3 is 0 Å². The summed E-state index contributed by atoms with van der Waals surface area (Å²) in [4.78, 5) is 4.16. The van der Waals surface area contributed by atoms with Gasteiger partial charge in [0.2, 0.25) is 0 Å². The Morgan fingerprint density at radius 2 is 1.54 bits per heavy atom. The minimum Gasteiger partial charge on any atom is -0.348 e. The van der Waals surface area contributed by atoms with Crippen LogP contribution in [-0.4, -0.2) is 30.0 Å². The van der Waals surface area contributed by atoms with E-state index in [1.165, 1.54) is 11.1 Å². The zero-order valence-corrected chi connectivity index (χ0v) is 13.9. The fourth-order valence-electron chi connectivity index (χ4n) is 3.83. The molecule has 0 bridgehead atoms. The molecule has 126 valence electrons. The van der Waals surface area contributed by atoms with Crippen LogP contribution in [-0.2, 0) is 9.47 Å². The lowest BCUT2D eigenvalue weighted by Crippen LogP contribution is -2.43. The van der Waals surface area contributed by atoms with Crippen LogP contribution in [0, 0.1) is 0 Å². The predicted molar refractivity (Wildman–Crippen MR) is 92.5 cm³/mol. The second-order valence-electron chi connectivity index (χ2n) is 6.67. The van der Waals surface area contributed by atoms with Crippen LogP contribution in [0.5, 0.6) is 0 Å². The van der Waals surface area contributed by atoms with Gasteiger partial charge < -0.3 is 14.8 Å². The summed E-state index contributed by atoms with van der Waals surface area (Å²) in [7, 11) is 0. The maximum Gasteiger partial charge on any atom is 0.168 e. The summed E-state index contributed by atoms with van der Waals surface area (Å²) in [6.07, 6.45) is 7.83. The van der Waals surface area contributed by atoms with Crippen LogP contribution >= 0.6 is 0 Å². The molecule has 1 N–H and O–H groups in total. The topological polar surface area (TPSA) is 43.4 Å². The molecule has 1 saturated carbocycles. The quantitative estimate of drug-likeness (QED) is 0.935.